The highest BCUT2D eigenvalue weighted by Gasteiger charge is 2.14. The molecule has 0 aliphatic rings. The van der Waals surface area contributed by atoms with E-state index in [1.807, 2.05) is 12.1 Å². The van der Waals surface area contributed by atoms with Crippen molar-refractivity contribution in [3.8, 4) is 5.75 Å². The Labute approximate surface area is 121 Å². The molecule has 0 bridgehead atoms. The third-order valence-corrected chi connectivity index (χ3v) is 2.93. The van der Waals surface area contributed by atoms with Crippen LogP contribution in [0.15, 0.2) is 42.7 Å². The van der Waals surface area contributed by atoms with Crippen LogP contribution >= 0.6 is 0 Å². The van der Waals surface area contributed by atoms with Gasteiger partial charge in [-0.25, -0.2) is 4.79 Å². The number of carbonyl (C=O) groups excluding carboxylic acids is 1. The van der Waals surface area contributed by atoms with Crippen LogP contribution in [-0.4, -0.2) is 27.1 Å². The van der Waals surface area contributed by atoms with Gasteiger partial charge < -0.3 is 15.5 Å². The molecule has 1 aromatic heterocycles. The van der Waals surface area contributed by atoms with Crippen LogP contribution in [0.3, 0.4) is 0 Å². The topological polar surface area (TPSA) is 99.5 Å². The Morgan fingerprint density at radius 3 is 2.52 bits per heavy atom. The number of pyridine rings is 1. The van der Waals surface area contributed by atoms with Crippen molar-refractivity contribution >= 4 is 17.6 Å². The Morgan fingerprint density at radius 1 is 1.14 bits per heavy atom. The smallest absolute Gasteiger partial charge is 0.339 e. The van der Waals surface area contributed by atoms with Crippen LogP contribution in [0.2, 0.25) is 0 Å². The quantitative estimate of drug-likeness (QED) is 0.730. The first kappa shape index (κ1) is 14.5. The molecule has 0 unspecified atom stereocenters. The zero-order chi connectivity index (χ0) is 15.2. The van der Waals surface area contributed by atoms with Gasteiger partial charge in [-0.1, -0.05) is 6.07 Å². The van der Waals surface area contributed by atoms with Gasteiger partial charge in [0, 0.05) is 18.8 Å². The fraction of sp³-hybridized carbons (Fsp3) is 0.133. The summed E-state index contributed by atoms with van der Waals surface area (Å²) in [6, 6.07) is 7.81. The molecule has 0 fully saturated rings. The van der Waals surface area contributed by atoms with E-state index in [4.69, 9.17) is 5.11 Å². The number of aromatic hydroxyl groups is 1. The van der Waals surface area contributed by atoms with Gasteiger partial charge in [-0.05, 0) is 36.2 Å². The van der Waals surface area contributed by atoms with Crippen LogP contribution in [0.25, 0.3) is 0 Å². The van der Waals surface area contributed by atoms with Crippen molar-refractivity contribution in [2.45, 2.75) is 12.8 Å². The SMILES string of the molecule is O=C(CCc1ccncc1)Nc1cccc(C(=O)O)c1O. The number of nitrogens with zero attached hydrogens (tertiary/aromatic N) is 1. The Balaban J connectivity index is 2.00. The van der Waals surface area contributed by atoms with Gasteiger partial charge in [0.15, 0.2) is 5.75 Å². The number of aryl methyl sites for hydroxylation is 1. The van der Waals surface area contributed by atoms with E-state index in [0.717, 1.165) is 5.56 Å². The highest BCUT2D eigenvalue weighted by Crippen LogP contribution is 2.27. The summed E-state index contributed by atoms with van der Waals surface area (Å²) in [5, 5.41) is 21.2. The molecule has 0 radical (unpaired) electrons. The first-order valence-electron chi connectivity index (χ1n) is 6.32. The van der Waals surface area contributed by atoms with E-state index in [1.54, 1.807) is 12.4 Å². The Hall–Kier alpha value is -2.89. The van der Waals surface area contributed by atoms with Crippen molar-refractivity contribution < 1.29 is 19.8 Å². The number of phenols is 1. The molecule has 1 amide bonds. The van der Waals surface area contributed by atoms with E-state index in [0.29, 0.717) is 6.42 Å². The van der Waals surface area contributed by atoms with Crippen LogP contribution in [0.1, 0.15) is 22.3 Å². The van der Waals surface area contributed by atoms with Gasteiger partial charge in [-0.3, -0.25) is 9.78 Å². The largest absolute Gasteiger partial charge is 0.505 e. The normalized spacial score (nSPS) is 10.1. The number of aromatic carboxylic acids is 1. The van der Waals surface area contributed by atoms with Crippen LogP contribution in [0.4, 0.5) is 5.69 Å². The van der Waals surface area contributed by atoms with E-state index in [1.165, 1.54) is 18.2 Å². The first-order valence-corrected chi connectivity index (χ1v) is 6.32. The van der Waals surface area contributed by atoms with Crippen molar-refractivity contribution in [3.63, 3.8) is 0 Å². The summed E-state index contributed by atoms with van der Waals surface area (Å²) in [5.41, 5.74) is 0.820. The predicted molar refractivity (Wildman–Crippen MR) is 76.3 cm³/mol. The van der Waals surface area contributed by atoms with Crippen LogP contribution < -0.4 is 5.32 Å². The number of rotatable bonds is 5. The summed E-state index contributed by atoms with van der Waals surface area (Å²) in [5.74, 6) is -1.99. The molecule has 0 saturated heterocycles. The van der Waals surface area contributed by atoms with Crippen LogP contribution in [-0.2, 0) is 11.2 Å². The van der Waals surface area contributed by atoms with E-state index >= 15 is 0 Å². The second kappa shape index (κ2) is 6.51. The summed E-state index contributed by atoms with van der Waals surface area (Å²) in [4.78, 5) is 26.6. The minimum atomic E-state index is -1.25. The summed E-state index contributed by atoms with van der Waals surface area (Å²) < 4.78 is 0. The molecule has 6 nitrogen and oxygen atoms in total. The molecular weight excluding hydrogens is 272 g/mol. The summed E-state index contributed by atoms with van der Waals surface area (Å²) in [6.45, 7) is 0. The third kappa shape index (κ3) is 3.79. The Morgan fingerprint density at radius 2 is 1.86 bits per heavy atom. The van der Waals surface area contributed by atoms with Crippen LogP contribution in [0.5, 0.6) is 5.75 Å². The van der Waals surface area contributed by atoms with Crippen molar-refractivity contribution in [3.05, 3.63) is 53.9 Å². The monoisotopic (exact) mass is 286 g/mol. The van der Waals surface area contributed by atoms with Gasteiger partial charge in [0.05, 0.1) is 5.69 Å². The second-order valence-corrected chi connectivity index (χ2v) is 4.41. The number of nitrogens with one attached hydrogen (secondary N) is 1. The standard InChI is InChI=1S/C15H14N2O4/c18-13(5-4-10-6-8-16-9-7-10)17-12-3-1-2-11(14(12)19)15(20)21/h1-3,6-9,19H,4-5H2,(H,17,18)(H,20,21). The van der Waals surface area contributed by atoms with Crippen molar-refractivity contribution in [2.24, 2.45) is 0 Å². The number of anilines is 1. The minimum absolute atomic E-state index is 0.0922. The highest BCUT2D eigenvalue weighted by molar-refractivity contribution is 5.97. The zero-order valence-corrected chi connectivity index (χ0v) is 11.1. The molecule has 0 aliphatic heterocycles. The lowest BCUT2D eigenvalue weighted by molar-refractivity contribution is -0.116. The van der Waals surface area contributed by atoms with Gasteiger partial charge in [0.25, 0.3) is 0 Å². The lowest BCUT2D eigenvalue weighted by Crippen LogP contribution is -2.13. The van der Waals surface area contributed by atoms with Gasteiger partial charge in [-0.2, -0.15) is 0 Å². The van der Waals surface area contributed by atoms with E-state index in [2.05, 4.69) is 10.3 Å². The Bertz CT molecular complexity index is 656. The number of amides is 1. The summed E-state index contributed by atoms with van der Waals surface area (Å²) in [6.07, 6.45) is 4.05. The molecule has 2 rings (SSSR count). The van der Waals surface area contributed by atoms with Crippen molar-refractivity contribution in [2.75, 3.05) is 5.32 Å². The van der Waals surface area contributed by atoms with Gasteiger partial charge in [0.1, 0.15) is 5.56 Å². The highest BCUT2D eigenvalue weighted by atomic mass is 16.4. The maximum Gasteiger partial charge on any atom is 0.339 e. The number of carbonyl (C=O) groups is 2. The fourth-order valence-corrected chi connectivity index (χ4v) is 1.84. The van der Waals surface area contributed by atoms with E-state index in [-0.39, 0.29) is 23.6 Å². The van der Waals surface area contributed by atoms with Gasteiger partial charge >= 0.3 is 5.97 Å². The van der Waals surface area contributed by atoms with Crippen LogP contribution in [0, 0.1) is 0 Å². The molecule has 1 heterocycles. The lowest BCUT2D eigenvalue weighted by atomic mass is 10.1. The lowest BCUT2D eigenvalue weighted by Gasteiger charge is -2.09. The molecule has 0 saturated carbocycles. The first-order chi connectivity index (χ1) is 10.1. The zero-order valence-electron chi connectivity index (χ0n) is 11.1. The molecule has 2 aromatic rings. The van der Waals surface area contributed by atoms with E-state index in [9.17, 15) is 14.7 Å². The Kier molecular flexibility index (Phi) is 4.50. The number of carboxylic acid groups (broad SMARTS) is 1. The van der Waals surface area contributed by atoms with Crippen molar-refractivity contribution in [1.82, 2.24) is 4.98 Å². The van der Waals surface area contributed by atoms with Gasteiger partial charge in [-0.15, -0.1) is 0 Å². The average Bonchev–Trinajstić information content (AvgIpc) is 2.48. The molecular formula is C15H14N2O4. The maximum atomic E-state index is 11.8. The number of carboxylic acids is 1. The summed E-state index contributed by atoms with van der Waals surface area (Å²) >= 11 is 0. The molecule has 1 aromatic carbocycles. The number of hydrogen-bond donors (Lipinski definition) is 3. The van der Waals surface area contributed by atoms with Crippen molar-refractivity contribution in [1.29, 1.82) is 0 Å². The molecule has 3 N–H and O–H groups in total. The molecule has 108 valence electrons. The van der Waals surface area contributed by atoms with Gasteiger partial charge in [0.2, 0.25) is 5.91 Å². The fourth-order valence-electron chi connectivity index (χ4n) is 1.84. The molecule has 0 atom stereocenters. The minimum Gasteiger partial charge on any atom is -0.505 e. The molecule has 6 heteroatoms. The van der Waals surface area contributed by atoms with E-state index < -0.39 is 11.7 Å². The summed E-state index contributed by atoms with van der Waals surface area (Å²) in [7, 11) is 0. The second-order valence-electron chi connectivity index (χ2n) is 4.41. The number of para-hydroxylation sites is 1. The molecule has 0 spiro atoms. The number of hydrogen-bond acceptors (Lipinski definition) is 4. The molecule has 21 heavy (non-hydrogen) atoms. The molecule has 0 aliphatic carbocycles. The number of benzene rings is 1. The third-order valence-electron chi connectivity index (χ3n) is 2.93. The predicted octanol–water partition coefficient (Wildman–Crippen LogP) is 2.06. The average molecular weight is 286 g/mol. The maximum absolute atomic E-state index is 11.8. The number of aromatic nitrogens is 1.